The van der Waals surface area contributed by atoms with Gasteiger partial charge < -0.3 is 9.30 Å². The summed E-state index contributed by atoms with van der Waals surface area (Å²) in [5.74, 6) is 2.06. The Morgan fingerprint density at radius 2 is 2.56 bits per heavy atom. The van der Waals surface area contributed by atoms with Crippen molar-refractivity contribution < 1.29 is 9.53 Å². The number of carbonyl (C=O) groups excluding carboxylic acids is 1. The number of hydrogen-bond donors (Lipinski definition) is 1. The van der Waals surface area contributed by atoms with Crippen LogP contribution in [0.5, 0.6) is 0 Å². The fourth-order valence-electron chi connectivity index (χ4n) is 1.42. The first-order chi connectivity index (χ1) is 7.74. The second-order valence-corrected chi connectivity index (χ2v) is 3.15. The van der Waals surface area contributed by atoms with Crippen LogP contribution in [0.2, 0.25) is 0 Å². The highest BCUT2D eigenvalue weighted by molar-refractivity contribution is 5.76. The van der Waals surface area contributed by atoms with Gasteiger partial charge in [0.15, 0.2) is 0 Å². The van der Waals surface area contributed by atoms with Gasteiger partial charge in [0.05, 0.1) is 31.9 Å². The molecule has 0 radical (unpaired) electrons. The van der Waals surface area contributed by atoms with Crippen LogP contribution in [0.1, 0.15) is 18.7 Å². The minimum atomic E-state index is -0.566. The maximum Gasteiger partial charge on any atom is 0.329 e. The lowest BCUT2D eigenvalue weighted by Gasteiger charge is -2.16. The second kappa shape index (κ2) is 5.93. The van der Waals surface area contributed by atoms with Crippen LogP contribution < -0.4 is 5.32 Å². The van der Waals surface area contributed by atoms with E-state index in [0.717, 1.165) is 12.2 Å². The first kappa shape index (κ1) is 12.3. The molecule has 1 atom stereocenters. The van der Waals surface area contributed by atoms with Crippen molar-refractivity contribution in [3.63, 3.8) is 0 Å². The molecule has 0 bridgehead atoms. The van der Waals surface area contributed by atoms with Crippen LogP contribution in [0.15, 0.2) is 12.5 Å². The molecule has 0 aliphatic carbocycles. The van der Waals surface area contributed by atoms with Gasteiger partial charge in [-0.25, -0.2) is 9.78 Å². The van der Waals surface area contributed by atoms with Crippen LogP contribution in [0.25, 0.3) is 0 Å². The summed E-state index contributed by atoms with van der Waals surface area (Å²) in [4.78, 5) is 15.6. The largest absolute Gasteiger partial charge is 0.468 e. The predicted molar refractivity (Wildman–Crippen MR) is 59.5 cm³/mol. The number of imidazole rings is 1. The predicted octanol–water partition coefficient (Wildman–Crippen LogP) is 0.340. The molecule has 5 nitrogen and oxygen atoms in total. The van der Waals surface area contributed by atoms with Gasteiger partial charge in [0.25, 0.3) is 0 Å². The standard InChI is InChI=1S/C11H15N3O2/c1-4-6-13-10(11(15)16-3)9-7-12-8-14(9)5-2/h1,7-8,10,13H,5-6H2,2-3H3. The molecule has 0 aliphatic heterocycles. The molecule has 0 amide bonds. The minimum absolute atomic E-state index is 0.300. The molecule has 0 aliphatic rings. The van der Waals surface area contributed by atoms with Gasteiger partial charge in [0.1, 0.15) is 6.04 Å². The molecule has 0 spiro atoms. The van der Waals surface area contributed by atoms with Gasteiger partial charge in [-0.2, -0.15) is 0 Å². The maximum atomic E-state index is 11.6. The lowest BCUT2D eigenvalue weighted by atomic mass is 10.2. The zero-order valence-electron chi connectivity index (χ0n) is 9.43. The molecule has 0 fully saturated rings. The Bertz CT molecular complexity index is 392. The first-order valence-electron chi connectivity index (χ1n) is 4.99. The third-order valence-corrected chi connectivity index (χ3v) is 2.23. The van der Waals surface area contributed by atoms with Crippen LogP contribution in [0, 0.1) is 12.3 Å². The molecule has 16 heavy (non-hydrogen) atoms. The van der Waals surface area contributed by atoms with Gasteiger partial charge in [-0.1, -0.05) is 5.92 Å². The number of hydrogen-bond acceptors (Lipinski definition) is 4. The maximum absolute atomic E-state index is 11.6. The van der Waals surface area contributed by atoms with Crippen LogP contribution in [0.3, 0.4) is 0 Å². The van der Waals surface area contributed by atoms with Crippen LogP contribution in [0.4, 0.5) is 0 Å². The number of aromatic nitrogens is 2. The van der Waals surface area contributed by atoms with Gasteiger partial charge in [-0.15, -0.1) is 6.42 Å². The van der Waals surface area contributed by atoms with Crippen molar-refractivity contribution in [1.29, 1.82) is 0 Å². The van der Waals surface area contributed by atoms with Crippen LogP contribution in [-0.2, 0) is 16.1 Å². The van der Waals surface area contributed by atoms with Crippen LogP contribution >= 0.6 is 0 Å². The van der Waals surface area contributed by atoms with E-state index in [4.69, 9.17) is 11.2 Å². The molecule has 0 saturated heterocycles. The second-order valence-electron chi connectivity index (χ2n) is 3.15. The third kappa shape index (κ3) is 2.61. The third-order valence-electron chi connectivity index (χ3n) is 2.23. The summed E-state index contributed by atoms with van der Waals surface area (Å²) in [5.41, 5.74) is 0.754. The van der Waals surface area contributed by atoms with Gasteiger partial charge >= 0.3 is 5.97 Å². The fraction of sp³-hybridized carbons (Fsp3) is 0.455. The first-order valence-corrected chi connectivity index (χ1v) is 4.99. The van der Waals surface area contributed by atoms with Gasteiger partial charge in [0.2, 0.25) is 0 Å². The molecule has 86 valence electrons. The van der Waals surface area contributed by atoms with E-state index in [-0.39, 0.29) is 5.97 Å². The lowest BCUT2D eigenvalue weighted by molar-refractivity contribution is -0.143. The number of rotatable bonds is 5. The van der Waals surface area contributed by atoms with E-state index in [1.54, 1.807) is 12.5 Å². The highest BCUT2D eigenvalue weighted by atomic mass is 16.5. The zero-order chi connectivity index (χ0) is 12.0. The normalized spacial score (nSPS) is 11.8. The molecule has 1 heterocycles. The van der Waals surface area contributed by atoms with Crippen molar-refractivity contribution in [1.82, 2.24) is 14.9 Å². The van der Waals surface area contributed by atoms with Gasteiger partial charge in [-0.05, 0) is 6.92 Å². The SMILES string of the molecule is C#CCNC(C(=O)OC)c1cncn1CC. The molecule has 0 saturated carbocycles. The Kier molecular flexibility index (Phi) is 4.55. The molecule has 1 N–H and O–H groups in total. The summed E-state index contributed by atoms with van der Waals surface area (Å²) in [7, 11) is 1.35. The monoisotopic (exact) mass is 221 g/mol. The Hall–Kier alpha value is -1.80. The molecular formula is C11H15N3O2. The molecule has 1 rings (SSSR count). The van der Waals surface area contributed by atoms with Crippen molar-refractivity contribution >= 4 is 5.97 Å². The van der Waals surface area contributed by atoms with Gasteiger partial charge in [0, 0.05) is 6.54 Å². The summed E-state index contributed by atoms with van der Waals surface area (Å²) >= 11 is 0. The number of aryl methyl sites for hydroxylation is 1. The minimum Gasteiger partial charge on any atom is -0.468 e. The number of esters is 1. The van der Waals surface area contributed by atoms with Crippen LogP contribution in [-0.4, -0.2) is 29.2 Å². The van der Waals surface area contributed by atoms with E-state index < -0.39 is 6.04 Å². The number of ether oxygens (including phenoxy) is 1. The van der Waals surface area contributed by atoms with Gasteiger partial charge in [-0.3, -0.25) is 5.32 Å². The van der Waals surface area contributed by atoms with E-state index >= 15 is 0 Å². The van der Waals surface area contributed by atoms with Crippen molar-refractivity contribution in [2.75, 3.05) is 13.7 Å². The number of nitrogens with zero attached hydrogens (tertiary/aromatic N) is 2. The molecule has 5 heteroatoms. The van der Waals surface area contributed by atoms with Crippen molar-refractivity contribution in [2.24, 2.45) is 0 Å². The smallest absolute Gasteiger partial charge is 0.329 e. The van der Waals surface area contributed by atoms with Crippen molar-refractivity contribution in [3.8, 4) is 12.3 Å². The summed E-state index contributed by atoms with van der Waals surface area (Å²) in [5, 5.41) is 2.93. The average Bonchev–Trinajstić information content (AvgIpc) is 2.77. The number of terminal acetylenes is 1. The Balaban J connectivity index is 2.92. The molecule has 1 aromatic rings. The van der Waals surface area contributed by atoms with Crippen molar-refractivity contribution in [2.45, 2.75) is 19.5 Å². The summed E-state index contributed by atoms with van der Waals surface area (Å²) < 4.78 is 6.59. The number of carbonyl (C=O) groups is 1. The molecule has 0 aromatic carbocycles. The molecule has 1 aromatic heterocycles. The van der Waals surface area contributed by atoms with E-state index in [0.29, 0.717) is 6.54 Å². The van der Waals surface area contributed by atoms with E-state index in [1.807, 2.05) is 11.5 Å². The Labute approximate surface area is 94.8 Å². The van der Waals surface area contributed by atoms with E-state index in [1.165, 1.54) is 7.11 Å². The quantitative estimate of drug-likeness (QED) is 0.575. The topological polar surface area (TPSA) is 56.1 Å². The Morgan fingerprint density at radius 3 is 3.12 bits per heavy atom. The highest BCUT2D eigenvalue weighted by Gasteiger charge is 2.23. The Morgan fingerprint density at radius 1 is 1.81 bits per heavy atom. The van der Waals surface area contributed by atoms with Crippen molar-refractivity contribution in [3.05, 3.63) is 18.2 Å². The highest BCUT2D eigenvalue weighted by Crippen LogP contribution is 2.13. The molecular weight excluding hydrogens is 206 g/mol. The van der Waals surface area contributed by atoms with E-state index in [9.17, 15) is 4.79 Å². The summed E-state index contributed by atoms with van der Waals surface area (Å²) in [6, 6.07) is -0.566. The lowest BCUT2D eigenvalue weighted by Crippen LogP contribution is -2.31. The number of nitrogens with one attached hydrogen (secondary N) is 1. The molecule has 1 unspecified atom stereocenters. The summed E-state index contributed by atoms with van der Waals surface area (Å²) in [6.45, 7) is 3.01. The van der Waals surface area contributed by atoms with E-state index in [2.05, 4.69) is 16.2 Å². The summed E-state index contributed by atoms with van der Waals surface area (Å²) in [6.07, 6.45) is 8.46. The number of methoxy groups -OCH3 is 1. The zero-order valence-corrected chi connectivity index (χ0v) is 9.43. The fourth-order valence-corrected chi connectivity index (χ4v) is 1.42. The average molecular weight is 221 g/mol.